The topological polar surface area (TPSA) is 117 Å². The maximum atomic E-state index is 14.9. The SMILES string of the molecule is COc1ccc(Oc2cc(-c3ccc(OCCN[C@H](C)[C@@H](O)c4ccc(O)cc4)c(F)c3)ccc2C(=O)O)cc1. The second kappa shape index (κ2) is 13.0. The van der Waals surface area contributed by atoms with Crippen molar-refractivity contribution < 1.29 is 38.7 Å². The van der Waals surface area contributed by atoms with E-state index in [1.165, 1.54) is 30.3 Å². The van der Waals surface area contributed by atoms with Gasteiger partial charge < -0.3 is 34.8 Å². The fraction of sp³-hybridized carbons (Fsp3) is 0.194. The van der Waals surface area contributed by atoms with Crippen LogP contribution in [0.3, 0.4) is 0 Å². The van der Waals surface area contributed by atoms with E-state index in [-0.39, 0.29) is 35.5 Å². The predicted molar refractivity (Wildman–Crippen MR) is 148 cm³/mol. The predicted octanol–water partition coefficient (Wildman–Crippen LogP) is 5.79. The van der Waals surface area contributed by atoms with E-state index in [0.29, 0.717) is 34.7 Å². The van der Waals surface area contributed by atoms with Crippen molar-refractivity contribution in [3.05, 3.63) is 102 Å². The van der Waals surface area contributed by atoms with Crippen LogP contribution in [0.4, 0.5) is 4.39 Å². The smallest absolute Gasteiger partial charge is 0.339 e. The van der Waals surface area contributed by atoms with Crippen molar-refractivity contribution in [2.75, 3.05) is 20.3 Å². The molecule has 0 aliphatic rings. The molecule has 0 aromatic heterocycles. The van der Waals surface area contributed by atoms with Gasteiger partial charge in [-0.3, -0.25) is 0 Å². The Morgan fingerprint density at radius 3 is 2.20 bits per heavy atom. The highest BCUT2D eigenvalue weighted by Crippen LogP contribution is 2.33. The van der Waals surface area contributed by atoms with Crippen LogP contribution in [0.15, 0.2) is 84.9 Å². The second-order valence-corrected chi connectivity index (χ2v) is 9.07. The van der Waals surface area contributed by atoms with Gasteiger partial charge in [0.25, 0.3) is 0 Å². The van der Waals surface area contributed by atoms with Crippen molar-refractivity contribution in [2.24, 2.45) is 0 Å². The number of benzene rings is 4. The number of methoxy groups -OCH3 is 1. The Kier molecular flexibility index (Phi) is 9.21. The number of hydrogen-bond donors (Lipinski definition) is 4. The highest BCUT2D eigenvalue weighted by atomic mass is 19.1. The van der Waals surface area contributed by atoms with Gasteiger partial charge in [-0.25, -0.2) is 9.18 Å². The minimum absolute atomic E-state index is 0.0303. The third kappa shape index (κ3) is 7.07. The molecule has 0 saturated heterocycles. The third-order valence-electron chi connectivity index (χ3n) is 6.30. The first-order valence-corrected chi connectivity index (χ1v) is 12.6. The minimum Gasteiger partial charge on any atom is -0.508 e. The number of halogens is 1. The molecule has 0 heterocycles. The summed E-state index contributed by atoms with van der Waals surface area (Å²) in [6, 6.07) is 21.8. The van der Waals surface area contributed by atoms with Gasteiger partial charge >= 0.3 is 5.97 Å². The number of phenols is 1. The number of carboxylic acid groups (broad SMARTS) is 1. The average molecular weight is 548 g/mol. The van der Waals surface area contributed by atoms with Crippen molar-refractivity contribution in [3.8, 4) is 39.9 Å². The maximum absolute atomic E-state index is 14.9. The van der Waals surface area contributed by atoms with Crippen LogP contribution in [0, 0.1) is 5.82 Å². The Balaban J connectivity index is 1.39. The monoisotopic (exact) mass is 547 g/mol. The van der Waals surface area contributed by atoms with Gasteiger partial charge in [-0.1, -0.05) is 24.3 Å². The number of aliphatic hydroxyl groups is 1. The second-order valence-electron chi connectivity index (χ2n) is 9.07. The summed E-state index contributed by atoms with van der Waals surface area (Å²) in [6.45, 7) is 2.34. The summed E-state index contributed by atoms with van der Waals surface area (Å²) in [4.78, 5) is 11.7. The molecule has 2 atom stereocenters. The fourth-order valence-electron chi connectivity index (χ4n) is 4.05. The van der Waals surface area contributed by atoms with Gasteiger partial charge in [0.05, 0.1) is 13.2 Å². The first kappa shape index (κ1) is 28.4. The molecule has 0 spiro atoms. The normalized spacial score (nSPS) is 12.4. The van der Waals surface area contributed by atoms with E-state index in [2.05, 4.69) is 5.32 Å². The first-order chi connectivity index (χ1) is 19.2. The Hall–Kier alpha value is -4.60. The summed E-state index contributed by atoms with van der Waals surface area (Å²) in [5.41, 5.74) is 1.72. The van der Waals surface area contributed by atoms with Crippen LogP contribution < -0.4 is 19.5 Å². The zero-order valence-electron chi connectivity index (χ0n) is 22.0. The van der Waals surface area contributed by atoms with Gasteiger partial charge in [0.15, 0.2) is 11.6 Å². The lowest BCUT2D eigenvalue weighted by molar-refractivity contribution is 0.0694. The molecule has 0 amide bonds. The molecule has 40 heavy (non-hydrogen) atoms. The summed E-state index contributed by atoms with van der Waals surface area (Å²) < 4.78 is 31.4. The summed E-state index contributed by atoms with van der Waals surface area (Å²) in [6.07, 6.45) is -0.789. The van der Waals surface area contributed by atoms with Gasteiger partial charge in [0, 0.05) is 12.6 Å². The highest BCUT2D eigenvalue weighted by molar-refractivity contribution is 5.92. The summed E-state index contributed by atoms with van der Waals surface area (Å²) >= 11 is 0. The first-order valence-electron chi connectivity index (χ1n) is 12.6. The standard InChI is InChI=1S/C31H30FNO7/c1-19(30(35)20-3-7-23(34)8-4-20)33-15-16-39-28-14-6-21(17-27(28)32)22-5-13-26(31(36)37)29(18-22)40-25-11-9-24(38-2)10-12-25/h3-14,17-19,30,33-35H,15-16H2,1-2H3,(H,36,37)/t19-,30-/m1/s1. The van der Waals surface area contributed by atoms with Crippen molar-refractivity contribution in [2.45, 2.75) is 19.1 Å². The van der Waals surface area contributed by atoms with Crippen LogP contribution >= 0.6 is 0 Å². The molecular formula is C31H30FNO7. The number of phenolic OH excluding ortho intramolecular Hbond substituents is 1. The van der Waals surface area contributed by atoms with Crippen molar-refractivity contribution in [1.82, 2.24) is 5.32 Å². The Bertz CT molecular complexity index is 1440. The van der Waals surface area contributed by atoms with E-state index < -0.39 is 17.9 Å². The quantitative estimate of drug-likeness (QED) is 0.165. The lowest BCUT2D eigenvalue weighted by Gasteiger charge is -2.21. The number of carbonyl (C=O) groups is 1. The molecule has 0 bridgehead atoms. The number of aliphatic hydroxyl groups excluding tert-OH is 1. The number of carboxylic acids is 1. The summed E-state index contributed by atoms with van der Waals surface area (Å²) in [5, 5.41) is 32.6. The number of hydrogen-bond acceptors (Lipinski definition) is 7. The van der Waals surface area contributed by atoms with Crippen molar-refractivity contribution in [3.63, 3.8) is 0 Å². The van der Waals surface area contributed by atoms with Gasteiger partial charge in [0.2, 0.25) is 0 Å². The number of nitrogens with one attached hydrogen (secondary N) is 1. The van der Waals surface area contributed by atoms with Crippen LogP contribution in [-0.2, 0) is 0 Å². The molecule has 4 aromatic carbocycles. The molecule has 208 valence electrons. The van der Waals surface area contributed by atoms with Gasteiger partial charge in [-0.15, -0.1) is 0 Å². The van der Waals surface area contributed by atoms with Crippen LogP contribution in [0.5, 0.6) is 28.7 Å². The van der Waals surface area contributed by atoms with E-state index in [1.54, 1.807) is 61.7 Å². The molecule has 0 unspecified atom stereocenters. The van der Waals surface area contributed by atoms with Gasteiger partial charge in [-0.05, 0) is 84.3 Å². The lowest BCUT2D eigenvalue weighted by Crippen LogP contribution is -2.35. The molecule has 4 N–H and O–H groups in total. The molecule has 9 heteroatoms. The molecule has 4 rings (SSSR count). The molecular weight excluding hydrogens is 517 g/mol. The molecule has 4 aromatic rings. The number of rotatable bonds is 12. The van der Waals surface area contributed by atoms with Gasteiger partial charge in [0.1, 0.15) is 35.2 Å². The largest absolute Gasteiger partial charge is 0.508 e. The van der Waals surface area contributed by atoms with E-state index in [0.717, 1.165) is 0 Å². The zero-order chi connectivity index (χ0) is 28.6. The lowest BCUT2D eigenvalue weighted by atomic mass is 10.0. The fourth-order valence-corrected chi connectivity index (χ4v) is 4.05. The van der Waals surface area contributed by atoms with Gasteiger partial charge in [-0.2, -0.15) is 0 Å². The van der Waals surface area contributed by atoms with E-state index >= 15 is 0 Å². The Morgan fingerprint density at radius 2 is 1.55 bits per heavy atom. The molecule has 0 fully saturated rings. The van der Waals surface area contributed by atoms with Crippen LogP contribution in [0.2, 0.25) is 0 Å². The van der Waals surface area contributed by atoms with E-state index in [1.807, 2.05) is 6.92 Å². The van der Waals surface area contributed by atoms with E-state index in [4.69, 9.17) is 14.2 Å². The summed E-state index contributed by atoms with van der Waals surface area (Å²) in [7, 11) is 1.54. The minimum atomic E-state index is -1.15. The zero-order valence-corrected chi connectivity index (χ0v) is 22.0. The van der Waals surface area contributed by atoms with Crippen LogP contribution in [0.25, 0.3) is 11.1 Å². The highest BCUT2D eigenvalue weighted by Gasteiger charge is 2.17. The number of aromatic carboxylic acids is 1. The molecule has 0 aliphatic carbocycles. The number of aromatic hydroxyl groups is 1. The average Bonchev–Trinajstić information content (AvgIpc) is 2.96. The number of ether oxygens (including phenoxy) is 3. The van der Waals surface area contributed by atoms with Crippen LogP contribution in [0.1, 0.15) is 28.9 Å². The molecule has 0 aliphatic heterocycles. The van der Waals surface area contributed by atoms with Crippen molar-refractivity contribution >= 4 is 5.97 Å². The summed E-state index contributed by atoms with van der Waals surface area (Å²) in [5.74, 6) is -0.362. The maximum Gasteiger partial charge on any atom is 0.339 e. The Labute approximate surface area is 231 Å². The van der Waals surface area contributed by atoms with Crippen LogP contribution in [-0.4, -0.2) is 47.6 Å². The van der Waals surface area contributed by atoms with E-state index in [9.17, 15) is 24.5 Å². The molecule has 8 nitrogen and oxygen atoms in total. The van der Waals surface area contributed by atoms with Crippen molar-refractivity contribution in [1.29, 1.82) is 0 Å². The molecule has 0 saturated carbocycles. The Morgan fingerprint density at radius 1 is 0.900 bits per heavy atom. The molecule has 0 radical (unpaired) electrons. The third-order valence-corrected chi connectivity index (χ3v) is 6.30.